The van der Waals surface area contributed by atoms with Crippen LogP contribution in [0.4, 0.5) is 0 Å². The minimum absolute atomic E-state index is 0.236. The maximum atomic E-state index is 12.1. The molecule has 0 atom stereocenters. The molecule has 0 aromatic heterocycles. The highest BCUT2D eigenvalue weighted by atomic mass is 16.5. The van der Waals surface area contributed by atoms with Crippen LogP contribution >= 0.6 is 0 Å². The summed E-state index contributed by atoms with van der Waals surface area (Å²) in [6.07, 6.45) is 5.39. The summed E-state index contributed by atoms with van der Waals surface area (Å²) in [6, 6.07) is 10.4. The second-order valence-electron chi connectivity index (χ2n) is 6.47. The molecular formula is C19H24N2O2. The highest BCUT2D eigenvalue weighted by Gasteiger charge is 2.33. The van der Waals surface area contributed by atoms with Gasteiger partial charge >= 0.3 is 0 Å². The van der Waals surface area contributed by atoms with Crippen molar-refractivity contribution >= 4 is 12.0 Å². The van der Waals surface area contributed by atoms with Gasteiger partial charge in [0.2, 0.25) is 5.91 Å². The van der Waals surface area contributed by atoms with Crippen LogP contribution in [0, 0.1) is 17.2 Å². The van der Waals surface area contributed by atoms with Gasteiger partial charge in [0, 0.05) is 32.1 Å². The lowest BCUT2D eigenvalue weighted by atomic mass is 9.92. The van der Waals surface area contributed by atoms with Gasteiger partial charge in [-0.2, -0.15) is 5.26 Å². The Morgan fingerprint density at radius 2 is 2.00 bits per heavy atom. The van der Waals surface area contributed by atoms with Gasteiger partial charge in [-0.15, -0.1) is 0 Å². The average molecular weight is 312 g/mol. The molecule has 1 N–H and O–H groups in total. The van der Waals surface area contributed by atoms with Crippen molar-refractivity contribution < 1.29 is 9.53 Å². The lowest BCUT2D eigenvalue weighted by Gasteiger charge is -2.30. The Balaban J connectivity index is 1.94. The van der Waals surface area contributed by atoms with Gasteiger partial charge in [-0.25, -0.2) is 0 Å². The SMILES string of the molecule is CC(C)Cc1ccc(/C=C/C(=O)NC2(C#N)CCOCC2)cc1. The molecule has 0 unspecified atom stereocenters. The fraction of sp³-hybridized carbons (Fsp3) is 0.474. The first-order valence-corrected chi connectivity index (χ1v) is 8.11. The van der Waals surface area contributed by atoms with Gasteiger partial charge in [-0.05, 0) is 29.5 Å². The van der Waals surface area contributed by atoms with Crippen molar-refractivity contribution in [2.75, 3.05) is 13.2 Å². The third kappa shape index (κ3) is 5.22. The van der Waals surface area contributed by atoms with E-state index in [1.807, 2.05) is 12.1 Å². The number of nitrogens with zero attached hydrogens (tertiary/aromatic N) is 1. The number of nitrogens with one attached hydrogen (secondary N) is 1. The van der Waals surface area contributed by atoms with Crippen molar-refractivity contribution in [2.24, 2.45) is 5.92 Å². The summed E-state index contributed by atoms with van der Waals surface area (Å²) >= 11 is 0. The van der Waals surface area contributed by atoms with Crippen LogP contribution in [0.3, 0.4) is 0 Å². The van der Waals surface area contributed by atoms with E-state index in [0.29, 0.717) is 32.0 Å². The second kappa shape index (κ2) is 7.94. The number of hydrogen-bond acceptors (Lipinski definition) is 3. The third-order valence-electron chi connectivity index (χ3n) is 3.97. The summed E-state index contributed by atoms with van der Waals surface area (Å²) in [7, 11) is 0. The molecule has 1 aromatic rings. The molecule has 1 fully saturated rings. The van der Waals surface area contributed by atoms with Crippen LogP contribution < -0.4 is 5.32 Å². The molecule has 4 heteroatoms. The molecule has 1 aromatic carbocycles. The summed E-state index contributed by atoms with van der Waals surface area (Å²) in [5.74, 6) is 0.392. The normalized spacial score (nSPS) is 17.1. The Hall–Kier alpha value is -2.12. The molecule has 0 radical (unpaired) electrons. The zero-order chi connectivity index (χ0) is 16.7. The van der Waals surface area contributed by atoms with Crippen LogP contribution in [0.25, 0.3) is 6.08 Å². The van der Waals surface area contributed by atoms with E-state index in [4.69, 9.17) is 4.74 Å². The predicted molar refractivity (Wildman–Crippen MR) is 90.6 cm³/mol. The first kappa shape index (κ1) is 17.2. The Kier molecular flexibility index (Phi) is 5.95. The number of benzene rings is 1. The van der Waals surface area contributed by atoms with Gasteiger partial charge in [-0.3, -0.25) is 4.79 Å². The van der Waals surface area contributed by atoms with E-state index in [1.165, 1.54) is 11.6 Å². The summed E-state index contributed by atoms with van der Waals surface area (Å²) in [4.78, 5) is 12.1. The summed E-state index contributed by atoms with van der Waals surface area (Å²) in [5, 5.41) is 12.2. The van der Waals surface area contributed by atoms with E-state index in [-0.39, 0.29) is 5.91 Å². The minimum Gasteiger partial charge on any atom is -0.381 e. The number of amides is 1. The van der Waals surface area contributed by atoms with Crippen molar-refractivity contribution in [1.29, 1.82) is 5.26 Å². The van der Waals surface area contributed by atoms with E-state index in [2.05, 4.69) is 37.4 Å². The van der Waals surface area contributed by atoms with Crippen molar-refractivity contribution in [1.82, 2.24) is 5.32 Å². The van der Waals surface area contributed by atoms with Crippen LogP contribution in [0.5, 0.6) is 0 Å². The molecule has 1 saturated heterocycles. The molecule has 2 rings (SSSR count). The van der Waals surface area contributed by atoms with Crippen LogP contribution in [0.1, 0.15) is 37.8 Å². The lowest BCUT2D eigenvalue weighted by molar-refractivity contribution is -0.118. The standard InChI is InChI=1S/C19H24N2O2/c1-15(2)13-17-5-3-16(4-6-17)7-8-18(22)21-19(14-20)9-11-23-12-10-19/h3-8,15H,9-13H2,1-2H3,(H,21,22)/b8-7+. The molecule has 1 heterocycles. The fourth-order valence-corrected chi connectivity index (χ4v) is 2.67. The van der Waals surface area contributed by atoms with Gasteiger partial charge in [0.15, 0.2) is 0 Å². The fourth-order valence-electron chi connectivity index (χ4n) is 2.67. The number of carbonyl (C=O) groups excluding carboxylic acids is 1. The number of hydrogen-bond donors (Lipinski definition) is 1. The maximum Gasteiger partial charge on any atom is 0.245 e. The topological polar surface area (TPSA) is 62.1 Å². The second-order valence-corrected chi connectivity index (χ2v) is 6.47. The molecule has 1 aliphatic rings. The van der Waals surface area contributed by atoms with E-state index in [1.54, 1.807) is 6.08 Å². The van der Waals surface area contributed by atoms with E-state index in [9.17, 15) is 10.1 Å². The molecule has 1 amide bonds. The Morgan fingerprint density at radius 1 is 1.35 bits per heavy atom. The summed E-state index contributed by atoms with van der Waals surface area (Å²) in [6.45, 7) is 5.41. The first-order chi connectivity index (χ1) is 11.0. The van der Waals surface area contributed by atoms with Crippen LogP contribution in [0.2, 0.25) is 0 Å². The third-order valence-corrected chi connectivity index (χ3v) is 3.97. The van der Waals surface area contributed by atoms with Gasteiger partial charge < -0.3 is 10.1 Å². The Bertz CT molecular complexity index is 591. The number of nitriles is 1. The molecule has 1 aliphatic heterocycles. The van der Waals surface area contributed by atoms with Gasteiger partial charge in [-0.1, -0.05) is 38.1 Å². The minimum atomic E-state index is -0.791. The molecule has 4 nitrogen and oxygen atoms in total. The van der Waals surface area contributed by atoms with Crippen LogP contribution in [-0.4, -0.2) is 24.7 Å². The summed E-state index contributed by atoms with van der Waals surface area (Å²) in [5.41, 5.74) is 1.48. The van der Waals surface area contributed by atoms with E-state index >= 15 is 0 Å². The smallest absolute Gasteiger partial charge is 0.245 e. The molecular weight excluding hydrogens is 288 g/mol. The van der Waals surface area contributed by atoms with Crippen molar-refractivity contribution in [2.45, 2.75) is 38.6 Å². The number of carbonyl (C=O) groups is 1. The number of rotatable bonds is 5. The zero-order valence-corrected chi connectivity index (χ0v) is 13.8. The average Bonchev–Trinajstić information content (AvgIpc) is 2.54. The van der Waals surface area contributed by atoms with Gasteiger partial charge in [0.05, 0.1) is 6.07 Å². The van der Waals surface area contributed by atoms with Crippen LogP contribution in [0.15, 0.2) is 30.3 Å². The van der Waals surface area contributed by atoms with Crippen LogP contribution in [-0.2, 0) is 16.0 Å². The molecule has 23 heavy (non-hydrogen) atoms. The van der Waals surface area contributed by atoms with E-state index in [0.717, 1.165) is 12.0 Å². The van der Waals surface area contributed by atoms with Gasteiger partial charge in [0.1, 0.15) is 5.54 Å². The monoisotopic (exact) mass is 312 g/mol. The molecule has 122 valence electrons. The Morgan fingerprint density at radius 3 is 2.57 bits per heavy atom. The Labute approximate surface area is 138 Å². The lowest BCUT2D eigenvalue weighted by Crippen LogP contribution is -2.50. The quantitative estimate of drug-likeness (QED) is 0.850. The highest BCUT2D eigenvalue weighted by Crippen LogP contribution is 2.19. The predicted octanol–water partition coefficient (Wildman–Crippen LogP) is 3.09. The molecule has 0 saturated carbocycles. The maximum absolute atomic E-state index is 12.1. The van der Waals surface area contributed by atoms with E-state index < -0.39 is 5.54 Å². The molecule has 0 bridgehead atoms. The van der Waals surface area contributed by atoms with Crippen molar-refractivity contribution in [3.05, 3.63) is 41.5 Å². The van der Waals surface area contributed by atoms with Gasteiger partial charge in [0.25, 0.3) is 0 Å². The van der Waals surface area contributed by atoms with Crippen molar-refractivity contribution in [3.8, 4) is 6.07 Å². The van der Waals surface area contributed by atoms with Crippen molar-refractivity contribution in [3.63, 3.8) is 0 Å². The molecule has 0 spiro atoms. The zero-order valence-electron chi connectivity index (χ0n) is 13.8. The summed E-state index contributed by atoms with van der Waals surface area (Å²) < 4.78 is 5.26. The molecule has 0 aliphatic carbocycles. The highest BCUT2D eigenvalue weighted by molar-refractivity contribution is 5.92. The largest absolute Gasteiger partial charge is 0.381 e. The first-order valence-electron chi connectivity index (χ1n) is 8.11. The number of ether oxygens (including phenoxy) is 1.